The van der Waals surface area contributed by atoms with E-state index in [2.05, 4.69) is 16.0 Å². The van der Waals surface area contributed by atoms with Crippen LogP contribution >= 0.6 is 11.8 Å². The second kappa shape index (κ2) is 4.02. The van der Waals surface area contributed by atoms with Gasteiger partial charge in [0.2, 0.25) is 0 Å². The molecule has 0 amide bonds. The lowest BCUT2D eigenvalue weighted by atomic mass is 10.3. The summed E-state index contributed by atoms with van der Waals surface area (Å²) in [6, 6.07) is 19.1. The zero-order chi connectivity index (χ0) is 10.8. The molecule has 0 aliphatic carbocycles. The highest BCUT2D eigenvalue weighted by atomic mass is 32.2. The minimum absolute atomic E-state index is 0.906. The third-order valence-electron chi connectivity index (χ3n) is 2.25. The Bertz CT molecular complexity index is 568. The van der Waals surface area contributed by atoms with Gasteiger partial charge < -0.3 is 4.98 Å². The zero-order valence-corrected chi connectivity index (χ0v) is 9.29. The number of fused-ring (bicyclic) bond motifs is 1. The average Bonchev–Trinajstić information content (AvgIpc) is 2.72. The molecule has 2 nitrogen and oxygen atoms in total. The van der Waals surface area contributed by atoms with Crippen LogP contribution < -0.4 is 0 Å². The summed E-state index contributed by atoms with van der Waals surface area (Å²) in [7, 11) is 0. The molecule has 1 aromatic heterocycles. The van der Waals surface area contributed by atoms with Crippen molar-refractivity contribution in [3.8, 4) is 0 Å². The van der Waals surface area contributed by atoms with Crippen molar-refractivity contribution in [2.45, 2.75) is 10.1 Å². The van der Waals surface area contributed by atoms with Gasteiger partial charge in [-0.2, -0.15) is 0 Å². The predicted octanol–water partition coefficient (Wildman–Crippen LogP) is 3.51. The van der Waals surface area contributed by atoms with E-state index in [1.165, 1.54) is 0 Å². The number of nitrogens with one attached hydrogen (secondary N) is 1. The van der Waals surface area contributed by atoms with Crippen LogP contribution in [-0.2, 0) is 0 Å². The first-order chi connectivity index (χ1) is 7.92. The average molecular weight is 225 g/mol. The maximum absolute atomic E-state index is 4.50. The molecule has 0 unspecified atom stereocenters. The van der Waals surface area contributed by atoms with Gasteiger partial charge in [-0.1, -0.05) is 42.1 Å². The van der Waals surface area contributed by atoms with Gasteiger partial charge in [-0.05, 0) is 24.3 Å². The van der Waals surface area contributed by atoms with Crippen LogP contribution in [0.1, 0.15) is 0 Å². The number of benzene rings is 2. The molecule has 1 heterocycles. The van der Waals surface area contributed by atoms with Crippen LogP contribution in [-0.4, -0.2) is 9.97 Å². The maximum Gasteiger partial charge on any atom is 0.171 e. The molecule has 3 rings (SSSR count). The molecule has 16 heavy (non-hydrogen) atoms. The molecule has 0 spiro atoms. The molecule has 77 valence electrons. The highest BCUT2D eigenvalue weighted by Gasteiger charge is 2.03. The number of rotatable bonds is 2. The number of H-pyrrole nitrogens is 1. The fourth-order valence-corrected chi connectivity index (χ4v) is 2.31. The van der Waals surface area contributed by atoms with Crippen LogP contribution in [0.3, 0.4) is 0 Å². The Balaban J connectivity index is 1.95. The zero-order valence-electron chi connectivity index (χ0n) is 8.47. The van der Waals surface area contributed by atoms with Gasteiger partial charge in [0.25, 0.3) is 0 Å². The molecule has 3 heteroatoms. The number of imidazole rings is 1. The van der Waals surface area contributed by atoms with Gasteiger partial charge in [0.05, 0.1) is 11.0 Å². The number of aromatic nitrogens is 2. The second-order valence-electron chi connectivity index (χ2n) is 3.39. The van der Waals surface area contributed by atoms with Crippen LogP contribution in [0.15, 0.2) is 58.6 Å². The summed E-state index contributed by atoms with van der Waals surface area (Å²) < 4.78 is 0. The number of nitrogens with zero attached hydrogens (tertiary/aromatic N) is 1. The Morgan fingerprint density at radius 3 is 2.75 bits per heavy atom. The molecule has 2 aromatic carbocycles. The second-order valence-corrected chi connectivity index (χ2v) is 4.42. The Labute approximate surface area is 97.7 Å². The Kier molecular flexibility index (Phi) is 2.38. The molecule has 0 aliphatic rings. The van der Waals surface area contributed by atoms with Gasteiger partial charge in [0.1, 0.15) is 0 Å². The predicted molar refractivity (Wildman–Crippen MR) is 65.5 cm³/mol. The molecule has 0 atom stereocenters. The molecule has 3 aromatic rings. The number of aromatic amines is 1. The van der Waals surface area contributed by atoms with Crippen molar-refractivity contribution in [1.29, 1.82) is 0 Å². The number of hydrogen-bond donors (Lipinski definition) is 1. The lowest BCUT2D eigenvalue weighted by Gasteiger charge is -1.94. The molecule has 0 aliphatic heterocycles. The highest BCUT2D eigenvalue weighted by molar-refractivity contribution is 7.99. The lowest BCUT2D eigenvalue weighted by Crippen LogP contribution is -1.74. The molecular weight excluding hydrogens is 216 g/mol. The minimum Gasteiger partial charge on any atom is -0.333 e. The molecule has 0 saturated carbocycles. The Hall–Kier alpha value is -1.74. The molecule has 0 fully saturated rings. The monoisotopic (exact) mass is 225 g/mol. The SMILES string of the molecule is [c]1ccccc1Sc1nc2ccccc2[nH]1. The van der Waals surface area contributed by atoms with E-state index in [1.54, 1.807) is 11.8 Å². The summed E-state index contributed by atoms with van der Waals surface area (Å²) in [5, 5.41) is 0.906. The minimum atomic E-state index is 0.906. The quantitative estimate of drug-likeness (QED) is 0.723. The van der Waals surface area contributed by atoms with Crippen molar-refractivity contribution in [1.82, 2.24) is 9.97 Å². The fraction of sp³-hybridized carbons (Fsp3) is 0. The van der Waals surface area contributed by atoms with Crippen LogP contribution in [0, 0.1) is 6.07 Å². The van der Waals surface area contributed by atoms with Gasteiger partial charge in [0, 0.05) is 4.90 Å². The van der Waals surface area contributed by atoms with E-state index < -0.39 is 0 Å². The number of hydrogen-bond acceptors (Lipinski definition) is 2. The van der Waals surface area contributed by atoms with Crippen molar-refractivity contribution >= 4 is 22.8 Å². The summed E-state index contributed by atoms with van der Waals surface area (Å²) in [5.74, 6) is 0. The molecule has 1 radical (unpaired) electrons. The van der Waals surface area contributed by atoms with E-state index in [1.807, 2.05) is 48.5 Å². The third-order valence-corrected chi connectivity index (χ3v) is 3.12. The van der Waals surface area contributed by atoms with Crippen LogP contribution in [0.25, 0.3) is 11.0 Å². The first-order valence-electron chi connectivity index (χ1n) is 5.01. The van der Waals surface area contributed by atoms with E-state index >= 15 is 0 Å². The van der Waals surface area contributed by atoms with Crippen molar-refractivity contribution in [2.75, 3.05) is 0 Å². The smallest absolute Gasteiger partial charge is 0.171 e. The van der Waals surface area contributed by atoms with E-state index in [0.717, 1.165) is 21.1 Å². The standard InChI is InChI=1S/C13H9N2S/c1-2-6-10(7-3-1)16-13-14-11-8-4-5-9-12(11)15-13/h1-6,8-9H,(H,14,15). The van der Waals surface area contributed by atoms with Gasteiger partial charge in [-0.15, -0.1) is 0 Å². The van der Waals surface area contributed by atoms with Crippen molar-refractivity contribution in [3.63, 3.8) is 0 Å². The van der Waals surface area contributed by atoms with Crippen LogP contribution in [0.5, 0.6) is 0 Å². The Morgan fingerprint density at radius 1 is 1.06 bits per heavy atom. The summed E-state index contributed by atoms with van der Waals surface area (Å²) >= 11 is 1.59. The molecule has 1 N–H and O–H groups in total. The summed E-state index contributed by atoms with van der Waals surface area (Å²) in [6.45, 7) is 0. The first kappa shape index (κ1) is 9.48. The lowest BCUT2D eigenvalue weighted by molar-refractivity contribution is 1.08. The van der Waals surface area contributed by atoms with E-state index in [9.17, 15) is 0 Å². The van der Waals surface area contributed by atoms with Crippen LogP contribution in [0.2, 0.25) is 0 Å². The van der Waals surface area contributed by atoms with E-state index in [0.29, 0.717) is 0 Å². The van der Waals surface area contributed by atoms with Gasteiger partial charge >= 0.3 is 0 Å². The van der Waals surface area contributed by atoms with E-state index in [4.69, 9.17) is 0 Å². The molecular formula is C13H9N2S. The van der Waals surface area contributed by atoms with Crippen molar-refractivity contribution in [2.24, 2.45) is 0 Å². The molecule has 0 bridgehead atoms. The fourth-order valence-electron chi connectivity index (χ4n) is 1.52. The van der Waals surface area contributed by atoms with Crippen LogP contribution in [0.4, 0.5) is 0 Å². The van der Waals surface area contributed by atoms with Crippen molar-refractivity contribution < 1.29 is 0 Å². The van der Waals surface area contributed by atoms with Gasteiger partial charge in [-0.3, -0.25) is 0 Å². The topological polar surface area (TPSA) is 28.7 Å². The summed E-state index contributed by atoms with van der Waals surface area (Å²) in [4.78, 5) is 8.84. The summed E-state index contributed by atoms with van der Waals surface area (Å²) in [6.07, 6.45) is 0. The third kappa shape index (κ3) is 1.82. The molecule has 0 saturated heterocycles. The number of para-hydroxylation sites is 2. The van der Waals surface area contributed by atoms with Gasteiger partial charge in [-0.25, -0.2) is 4.98 Å². The van der Waals surface area contributed by atoms with Gasteiger partial charge in [0.15, 0.2) is 5.16 Å². The Morgan fingerprint density at radius 2 is 1.94 bits per heavy atom. The maximum atomic E-state index is 4.50. The first-order valence-corrected chi connectivity index (χ1v) is 5.83. The van der Waals surface area contributed by atoms with E-state index in [-0.39, 0.29) is 0 Å². The highest BCUT2D eigenvalue weighted by Crippen LogP contribution is 2.26. The summed E-state index contributed by atoms with van der Waals surface area (Å²) in [5.41, 5.74) is 2.07. The largest absolute Gasteiger partial charge is 0.333 e. The normalized spacial score (nSPS) is 10.8. The van der Waals surface area contributed by atoms with Crippen molar-refractivity contribution in [3.05, 3.63) is 54.6 Å².